The van der Waals surface area contributed by atoms with Crippen LogP contribution < -0.4 is 0 Å². The normalized spacial score (nSPS) is 20.5. The molecule has 0 spiro atoms. The molecule has 41 heavy (non-hydrogen) atoms. The van der Waals surface area contributed by atoms with Crippen LogP contribution in [0, 0.1) is 16.2 Å². The molecule has 2 atom stereocenters. The Bertz CT molecular complexity index is 676. The number of rotatable bonds is 20. The summed E-state index contributed by atoms with van der Waals surface area (Å²) >= 11 is 0. The molecule has 2 aliphatic rings. The third kappa shape index (κ3) is 13.3. The largest absolute Gasteiger partial charge is 0.465 e. The lowest BCUT2D eigenvalue weighted by atomic mass is 9.76. The molecule has 8 heteroatoms. The van der Waals surface area contributed by atoms with Crippen LogP contribution in [0.25, 0.3) is 0 Å². The quantitative estimate of drug-likeness (QED) is 0.0833. The summed E-state index contributed by atoms with van der Waals surface area (Å²) in [5.41, 5.74) is -1.31. The number of carbonyl (C=O) groups excluding carboxylic acids is 2. The molecule has 2 heterocycles. The lowest BCUT2D eigenvalue weighted by Gasteiger charge is -2.32. The first-order valence-electron chi connectivity index (χ1n) is 16.3. The van der Waals surface area contributed by atoms with Crippen LogP contribution in [0.3, 0.4) is 0 Å². The zero-order valence-corrected chi connectivity index (χ0v) is 27.1. The van der Waals surface area contributed by atoms with Gasteiger partial charge in [0.2, 0.25) is 0 Å². The Morgan fingerprint density at radius 3 is 1.37 bits per heavy atom. The lowest BCUT2D eigenvalue weighted by Crippen LogP contribution is -2.42. The van der Waals surface area contributed by atoms with E-state index >= 15 is 0 Å². The number of hydrogen-bond donors (Lipinski definition) is 0. The van der Waals surface area contributed by atoms with Crippen molar-refractivity contribution in [2.24, 2.45) is 16.2 Å². The molecule has 0 radical (unpaired) electrons. The van der Waals surface area contributed by atoms with Crippen molar-refractivity contribution in [1.29, 1.82) is 0 Å². The molecule has 0 aliphatic carbocycles. The molecule has 0 N–H and O–H groups in total. The van der Waals surface area contributed by atoms with Gasteiger partial charge in [0.05, 0.1) is 26.4 Å². The van der Waals surface area contributed by atoms with Gasteiger partial charge < -0.3 is 28.4 Å². The van der Waals surface area contributed by atoms with Crippen LogP contribution in [0.4, 0.5) is 0 Å². The van der Waals surface area contributed by atoms with Crippen molar-refractivity contribution in [2.75, 3.05) is 39.6 Å². The maximum absolute atomic E-state index is 13.3. The van der Waals surface area contributed by atoms with Crippen molar-refractivity contribution in [2.45, 2.75) is 144 Å². The van der Waals surface area contributed by atoms with Crippen LogP contribution in [0.2, 0.25) is 0 Å². The van der Waals surface area contributed by atoms with Gasteiger partial charge in [-0.15, -0.1) is 0 Å². The second kappa shape index (κ2) is 18.4. The van der Waals surface area contributed by atoms with Crippen LogP contribution in [0.15, 0.2) is 0 Å². The fraction of sp³-hybridized carbons (Fsp3) is 0.939. The standard InChI is InChI=1S/C33H60O8/c1-7-36-29(34)33(30(35)37-8-2,21-13-11-19-31(3,4)25-40-27-17-9-15-23-38-27)22-14-12-20-32(5,6)26-41-28-18-10-16-24-39-28/h27-28H,7-26H2,1-6H3. The monoisotopic (exact) mass is 584 g/mol. The van der Waals surface area contributed by atoms with Gasteiger partial charge in [0, 0.05) is 13.2 Å². The first-order valence-corrected chi connectivity index (χ1v) is 16.3. The van der Waals surface area contributed by atoms with Gasteiger partial charge in [-0.05, 0) is 88.9 Å². The summed E-state index contributed by atoms with van der Waals surface area (Å²) < 4.78 is 34.5. The predicted molar refractivity (Wildman–Crippen MR) is 159 cm³/mol. The van der Waals surface area contributed by atoms with E-state index in [-0.39, 0.29) is 36.6 Å². The molecule has 2 unspecified atom stereocenters. The predicted octanol–water partition coefficient (Wildman–Crippen LogP) is 7.36. The minimum Gasteiger partial charge on any atom is -0.465 e. The second-order valence-corrected chi connectivity index (χ2v) is 13.5. The van der Waals surface area contributed by atoms with Crippen LogP contribution in [0.1, 0.15) is 131 Å². The van der Waals surface area contributed by atoms with Gasteiger partial charge >= 0.3 is 11.9 Å². The van der Waals surface area contributed by atoms with Crippen molar-refractivity contribution >= 4 is 11.9 Å². The molecule has 2 fully saturated rings. The van der Waals surface area contributed by atoms with E-state index in [1.165, 1.54) is 0 Å². The summed E-state index contributed by atoms with van der Waals surface area (Å²) in [5.74, 6) is -0.903. The first-order chi connectivity index (χ1) is 19.5. The van der Waals surface area contributed by atoms with E-state index < -0.39 is 17.4 Å². The van der Waals surface area contributed by atoms with E-state index in [0.29, 0.717) is 26.1 Å². The van der Waals surface area contributed by atoms with Crippen molar-refractivity contribution in [3.05, 3.63) is 0 Å². The molecule has 240 valence electrons. The van der Waals surface area contributed by atoms with E-state index in [1.807, 2.05) is 0 Å². The maximum atomic E-state index is 13.3. The SMILES string of the molecule is CCOC(=O)C(CCCCC(C)(C)COC1CCCCO1)(CCCCC(C)(C)COC1CCCCO1)C(=O)OCC. The molecule has 8 nitrogen and oxygen atoms in total. The van der Waals surface area contributed by atoms with E-state index in [2.05, 4.69) is 27.7 Å². The molecule has 0 aromatic heterocycles. The Morgan fingerprint density at radius 1 is 0.634 bits per heavy atom. The number of unbranched alkanes of at least 4 members (excludes halogenated alkanes) is 2. The van der Waals surface area contributed by atoms with Gasteiger partial charge in [-0.3, -0.25) is 9.59 Å². The Morgan fingerprint density at radius 2 is 1.02 bits per heavy atom. The molecule has 0 amide bonds. The Hall–Kier alpha value is -1.22. The van der Waals surface area contributed by atoms with Crippen molar-refractivity contribution < 1.29 is 38.0 Å². The number of hydrogen-bond acceptors (Lipinski definition) is 8. The fourth-order valence-electron chi connectivity index (χ4n) is 5.68. The molecule has 2 saturated heterocycles. The highest BCUT2D eigenvalue weighted by atomic mass is 16.7. The number of esters is 2. The topological polar surface area (TPSA) is 89.5 Å². The number of ether oxygens (including phenoxy) is 6. The molecule has 0 saturated carbocycles. The van der Waals surface area contributed by atoms with E-state index in [9.17, 15) is 9.59 Å². The smallest absolute Gasteiger partial charge is 0.323 e. The Labute approximate surface area is 249 Å². The highest BCUT2D eigenvalue weighted by Gasteiger charge is 2.47. The average molecular weight is 585 g/mol. The van der Waals surface area contributed by atoms with Crippen LogP contribution in [-0.4, -0.2) is 64.2 Å². The van der Waals surface area contributed by atoms with Gasteiger partial charge in [0.15, 0.2) is 18.0 Å². The van der Waals surface area contributed by atoms with E-state index in [4.69, 9.17) is 28.4 Å². The highest BCUT2D eigenvalue weighted by molar-refractivity contribution is 6.00. The minimum absolute atomic E-state index is 0.0202. The summed E-state index contributed by atoms with van der Waals surface area (Å²) in [6.07, 6.45) is 12.2. The Kier molecular flexibility index (Phi) is 16.2. The fourth-order valence-corrected chi connectivity index (χ4v) is 5.68. The lowest BCUT2D eigenvalue weighted by molar-refractivity contribution is -0.177. The third-order valence-electron chi connectivity index (χ3n) is 8.34. The average Bonchev–Trinajstić information content (AvgIpc) is 2.96. The summed E-state index contributed by atoms with van der Waals surface area (Å²) in [5, 5.41) is 0. The molecule has 0 aromatic rings. The van der Waals surface area contributed by atoms with E-state index in [0.717, 1.165) is 90.3 Å². The number of carbonyl (C=O) groups is 2. The van der Waals surface area contributed by atoms with Crippen LogP contribution in [0.5, 0.6) is 0 Å². The molecule has 2 rings (SSSR count). The van der Waals surface area contributed by atoms with Gasteiger partial charge in [-0.1, -0.05) is 53.4 Å². The first kappa shape index (κ1) is 36.0. The molecule has 2 aliphatic heterocycles. The third-order valence-corrected chi connectivity index (χ3v) is 8.34. The summed E-state index contributed by atoms with van der Waals surface area (Å²) in [4.78, 5) is 26.7. The van der Waals surface area contributed by atoms with Gasteiger partial charge in [0.1, 0.15) is 0 Å². The minimum atomic E-state index is -1.26. The zero-order chi connectivity index (χ0) is 30.2. The summed E-state index contributed by atoms with van der Waals surface area (Å²) in [7, 11) is 0. The van der Waals surface area contributed by atoms with Crippen molar-refractivity contribution in [3.8, 4) is 0 Å². The zero-order valence-electron chi connectivity index (χ0n) is 27.1. The molecule has 0 aromatic carbocycles. The summed E-state index contributed by atoms with van der Waals surface area (Å²) in [6.45, 7) is 15.6. The van der Waals surface area contributed by atoms with Crippen molar-refractivity contribution in [3.63, 3.8) is 0 Å². The highest BCUT2D eigenvalue weighted by Crippen LogP contribution is 2.37. The van der Waals surface area contributed by atoms with Gasteiger partial charge in [-0.25, -0.2) is 0 Å². The summed E-state index contributed by atoms with van der Waals surface area (Å²) in [6, 6.07) is 0. The maximum Gasteiger partial charge on any atom is 0.323 e. The van der Waals surface area contributed by atoms with E-state index in [1.54, 1.807) is 13.8 Å². The van der Waals surface area contributed by atoms with Crippen molar-refractivity contribution in [1.82, 2.24) is 0 Å². The Balaban J connectivity index is 1.91. The van der Waals surface area contributed by atoms with Crippen LogP contribution in [-0.2, 0) is 38.0 Å². The molecular weight excluding hydrogens is 524 g/mol. The van der Waals surface area contributed by atoms with Gasteiger partial charge in [-0.2, -0.15) is 0 Å². The second-order valence-electron chi connectivity index (χ2n) is 13.5. The van der Waals surface area contributed by atoms with Gasteiger partial charge in [0.25, 0.3) is 0 Å². The molecular formula is C33H60O8. The van der Waals surface area contributed by atoms with Crippen LogP contribution >= 0.6 is 0 Å². The molecule has 0 bridgehead atoms.